The molecule has 1 saturated heterocycles. The van der Waals surface area contributed by atoms with Gasteiger partial charge in [-0.1, -0.05) is 11.6 Å². The van der Waals surface area contributed by atoms with Crippen molar-refractivity contribution in [3.63, 3.8) is 0 Å². The summed E-state index contributed by atoms with van der Waals surface area (Å²) in [5.74, 6) is -0.131. The smallest absolute Gasteiger partial charge is 0.243 e. The monoisotopic (exact) mass is 289 g/mol. The summed E-state index contributed by atoms with van der Waals surface area (Å²) in [7, 11) is 0. The first kappa shape index (κ1) is 13.8. The van der Waals surface area contributed by atoms with Crippen LogP contribution in [0.15, 0.2) is 11.4 Å². The van der Waals surface area contributed by atoms with Crippen molar-refractivity contribution in [1.82, 2.24) is 5.48 Å². The number of aryl methyl sites for hydroxylation is 1. The highest BCUT2D eigenvalue weighted by molar-refractivity contribution is 7.10. The Morgan fingerprint density at radius 1 is 1.61 bits per heavy atom. The summed E-state index contributed by atoms with van der Waals surface area (Å²) < 4.78 is 5.34. The Morgan fingerprint density at radius 3 is 3.17 bits per heavy atom. The zero-order valence-corrected chi connectivity index (χ0v) is 11.6. The molecule has 0 spiro atoms. The fraction of sp³-hybridized carbons (Fsp3) is 0.583. The maximum Gasteiger partial charge on any atom is 0.243 e. The second kappa shape index (κ2) is 7.09. The molecule has 2 heterocycles. The Kier molecular flexibility index (Phi) is 5.44. The van der Waals surface area contributed by atoms with Gasteiger partial charge in [0.1, 0.15) is 0 Å². The third-order valence-corrected chi connectivity index (χ3v) is 4.01. The van der Waals surface area contributed by atoms with Crippen LogP contribution in [0.5, 0.6) is 0 Å². The Morgan fingerprint density at radius 2 is 2.50 bits per heavy atom. The molecule has 2 rings (SSSR count). The van der Waals surface area contributed by atoms with E-state index in [1.165, 1.54) is 0 Å². The first-order valence-electron chi connectivity index (χ1n) is 6.03. The average molecular weight is 290 g/mol. The van der Waals surface area contributed by atoms with Crippen molar-refractivity contribution in [1.29, 1.82) is 0 Å². The SMILES string of the molecule is O=C(CCc1cc(Cl)cs1)NO[C@@H]1CCCCO1. The highest BCUT2D eigenvalue weighted by atomic mass is 35.5. The Labute approximate surface area is 115 Å². The molecule has 6 heteroatoms. The second-order valence-corrected chi connectivity index (χ2v) is 5.60. The molecule has 1 fully saturated rings. The molecule has 1 aliphatic rings. The van der Waals surface area contributed by atoms with Gasteiger partial charge in [0.05, 0.1) is 5.02 Å². The van der Waals surface area contributed by atoms with Crippen molar-refractivity contribution < 1.29 is 14.4 Å². The van der Waals surface area contributed by atoms with E-state index in [-0.39, 0.29) is 12.2 Å². The molecule has 4 nitrogen and oxygen atoms in total. The lowest BCUT2D eigenvalue weighted by Gasteiger charge is -2.22. The summed E-state index contributed by atoms with van der Waals surface area (Å²) in [5, 5.41) is 2.59. The molecule has 1 atom stereocenters. The van der Waals surface area contributed by atoms with Gasteiger partial charge in [-0.05, 0) is 25.3 Å². The number of hydrogen-bond acceptors (Lipinski definition) is 4. The van der Waals surface area contributed by atoms with Crippen LogP contribution in [0.25, 0.3) is 0 Å². The first-order valence-corrected chi connectivity index (χ1v) is 7.29. The third-order valence-electron chi connectivity index (χ3n) is 2.66. The van der Waals surface area contributed by atoms with Crippen LogP contribution in [0.2, 0.25) is 5.02 Å². The Balaban J connectivity index is 1.62. The molecule has 0 radical (unpaired) electrons. The minimum absolute atomic E-state index is 0.131. The van der Waals surface area contributed by atoms with Crippen LogP contribution in [0.4, 0.5) is 0 Å². The number of ether oxygens (including phenoxy) is 1. The van der Waals surface area contributed by atoms with Gasteiger partial charge in [0.25, 0.3) is 0 Å². The Bertz CT molecular complexity index is 390. The summed E-state index contributed by atoms with van der Waals surface area (Å²) in [6.45, 7) is 0.703. The van der Waals surface area contributed by atoms with Gasteiger partial charge in [0.2, 0.25) is 5.91 Å². The van der Waals surface area contributed by atoms with Gasteiger partial charge in [-0.25, -0.2) is 10.3 Å². The van der Waals surface area contributed by atoms with E-state index >= 15 is 0 Å². The molecule has 1 aliphatic heterocycles. The van der Waals surface area contributed by atoms with E-state index in [1.54, 1.807) is 11.3 Å². The van der Waals surface area contributed by atoms with E-state index in [1.807, 2.05) is 11.4 Å². The van der Waals surface area contributed by atoms with Crippen LogP contribution in [-0.4, -0.2) is 18.8 Å². The molecule has 0 aliphatic carbocycles. The van der Waals surface area contributed by atoms with E-state index in [2.05, 4.69) is 5.48 Å². The molecular formula is C12H16ClNO3S. The van der Waals surface area contributed by atoms with Crippen LogP contribution in [-0.2, 0) is 20.8 Å². The summed E-state index contributed by atoms with van der Waals surface area (Å²) in [6, 6.07) is 1.88. The van der Waals surface area contributed by atoms with Crippen LogP contribution < -0.4 is 5.48 Å². The van der Waals surface area contributed by atoms with Gasteiger partial charge < -0.3 is 4.74 Å². The number of carbonyl (C=O) groups is 1. The minimum Gasteiger partial charge on any atom is -0.350 e. The van der Waals surface area contributed by atoms with Crippen LogP contribution >= 0.6 is 22.9 Å². The fourth-order valence-electron chi connectivity index (χ4n) is 1.71. The van der Waals surface area contributed by atoms with Crippen molar-refractivity contribution in [2.45, 2.75) is 38.4 Å². The highest BCUT2D eigenvalue weighted by Crippen LogP contribution is 2.20. The summed E-state index contributed by atoms with van der Waals surface area (Å²) >= 11 is 7.37. The molecule has 0 saturated carbocycles. The van der Waals surface area contributed by atoms with Crippen molar-refractivity contribution in [2.75, 3.05) is 6.61 Å². The predicted molar refractivity (Wildman–Crippen MR) is 70.5 cm³/mol. The third kappa shape index (κ3) is 4.57. The number of halogens is 1. The normalized spacial score (nSPS) is 19.7. The number of carbonyl (C=O) groups excluding carboxylic acids is 1. The quantitative estimate of drug-likeness (QED) is 0.848. The van der Waals surface area contributed by atoms with Crippen molar-refractivity contribution in [3.05, 3.63) is 21.3 Å². The molecule has 100 valence electrons. The van der Waals surface area contributed by atoms with Crippen LogP contribution in [0.3, 0.4) is 0 Å². The van der Waals surface area contributed by atoms with E-state index in [9.17, 15) is 4.79 Å². The van der Waals surface area contributed by atoms with Gasteiger partial charge >= 0.3 is 0 Å². The first-order chi connectivity index (χ1) is 8.74. The van der Waals surface area contributed by atoms with Crippen LogP contribution in [0, 0.1) is 0 Å². The van der Waals surface area contributed by atoms with E-state index in [4.69, 9.17) is 21.2 Å². The summed E-state index contributed by atoms with van der Waals surface area (Å²) in [6.07, 6.45) is 3.75. The van der Waals surface area contributed by atoms with Crippen molar-refractivity contribution >= 4 is 28.8 Å². The number of nitrogens with one attached hydrogen (secondary N) is 1. The largest absolute Gasteiger partial charge is 0.350 e. The maximum atomic E-state index is 11.5. The van der Waals surface area contributed by atoms with Crippen molar-refractivity contribution in [2.24, 2.45) is 0 Å². The number of amides is 1. The molecule has 0 bridgehead atoms. The van der Waals surface area contributed by atoms with Gasteiger partial charge in [-0.3, -0.25) is 4.79 Å². The van der Waals surface area contributed by atoms with Gasteiger partial charge in [0.15, 0.2) is 6.29 Å². The summed E-state index contributed by atoms with van der Waals surface area (Å²) in [5.41, 5.74) is 2.44. The number of rotatable bonds is 5. The molecule has 18 heavy (non-hydrogen) atoms. The average Bonchev–Trinajstić information content (AvgIpc) is 2.81. The fourth-order valence-corrected chi connectivity index (χ4v) is 2.79. The van der Waals surface area contributed by atoms with Crippen molar-refractivity contribution in [3.8, 4) is 0 Å². The lowest BCUT2D eigenvalue weighted by atomic mass is 10.2. The number of hydroxylamine groups is 1. The standard InChI is InChI=1S/C12H16ClNO3S/c13-9-7-10(18-8-9)4-5-11(15)14-17-12-3-1-2-6-16-12/h7-8,12H,1-6H2,(H,14,15)/t12-/m1/s1. The molecular weight excluding hydrogens is 274 g/mol. The topological polar surface area (TPSA) is 47.6 Å². The molecule has 1 aromatic rings. The molecule has 0 unspecified atom stereocenters. The van der Waals surface area contributed by atoms with Gasteiger partial charge in [0, 0.05) is 29.7 Å². The number of hydrogen-bond donors (Lipinski definition) is 1. The van der Waals surface area contributed by atoms with Gasteiger partial charge in [-0.2, -0.15) is 0 Å². The minimum atomic E-state index is -0.293. The maximum absolute atomic E-state index is 11.5. The zero-order valence-electron chi connectivity index (χ0n) is 9.99. The van der Waals surface area contributed by atoms with E-state index < -0.39 is 0 Å². The van der Waals surface area contributed by atoms with E-state index in [0.29, 0.717) is 19.4 Å². The molecule has 1 aromatic heterocycles. The number of thiophene rings is 1. The predicted octanol–water partition coefficient (Wildman–Crippen LogP) is 2.91. The second-order valence-electron chi connectivity index (χ2n) is 4.17. The summed E-state index contributed by atoms with van der Waals surface area (Å²) in [4.78, 5) is 17.8. The Hall–Kier alpha value is -0.620. The molecule has 0 aromatic carbocycles. The zero-order chi connectivity index (χ0) is 12.8. The van der Waals surface area contributed by atoms with Gasteiger partial charge in [-0.15, -0.1) is 11.3 Å². The lowest BCUT2D eigenvalue weighted by molar-refractivity contribution is -0.200. The van der Waals surface area contributed by atoms with Crippen LogP contribution in [0.1, 0.15) is 30.6 Å². The molecule has 1 N–H and O–H groups in total. The lowest BCUT2D eigenvalue weighted by Crippen LogP contribution is -2.33. The highest BCUT2D eigenvalue weighted by Gasteiger charge is 2.15. The van der Waals surface area contributed by atoms with E-state index in [0.717, 1.165) is 29.2 Å². The molecule has 1 amide bonds.